The van der Waals surface area contributed by atoms with Gasteiger partial charge in [0.1, 0.15) is 6.61 Å². The number of ether oxygens (including phenoxy) is 1. The molecular formula is C12H13N2O3+. The normalized spacial score (nSPS) is 16.7. The van der Waals surface area contributed by atoms with Crippen LogP contribution in [0.5, 0.6) is 0 Å². The second kappa shape index (κ2) is 4.47. The summed E-state index contributed by atoms with van der Waals surface area (Å²) < 4.78 is 4.90. The maximum absolute atomic E-state index is 11.3. The fraction of sp³-hybridized carbons (Fsp3) is 0.250. The summed E-state index contributed by atoms with van der Waals surface area (Å²) in [5.41, 5.74) is 2.61. The number of nitrogens with zero attached hydrogens (tertiary/aromatic N) is 1. The molecule has 1 amide bonds. The predicted octanol–water partition coefficient (Wildman–Crippen LogP) is 0.160. The fourth-order valence-electron chi connectivity index (χ4n) is 1.69. The third-order valence-electron chi connectivity index (χ3n) is 2.48. The number of hydrogen-bond acceptors (Lipinski definition) is 4. The van der Waals surface area contributed by atoms with Crippen LogP contribution in [-0.2, 0) is 20.9 Å². The summed E-state index contributed by atoms with van der Waals surface area (Å²) in [4.78, 5) is 22.0. The van der Waals surface area contributed by atoms with Crippen molar-refractivity contribution in [1.82, 2.24) is 0 Å². The van der Waals surface area contributed by atoms with Crippen LogP contribution in [0.1, 0.15) is 25.0 Å². The molecule has 1 aromatic rings. The lowest BCUT2D eigenvalue weighted by molar-refractivity contribution is -0.752. The number of carbonyl (C=O) groups is 2. The molecule has 0 radical (unpaired) electrons. The van der Waals surface area contributed by atoms with Gasteiger partial charge in [-0.25, -0.2) is 4.79 Å². The average Bonchev–Trinajstić information content (AvgIpc) is 2.69. The van der Waals surface area contributed by atoms with Crippen LogP contribution >= 0.6 is 0 Å². The molecule has 0 spiro atoms. The van der Waals surface area contributed by atoms with E-state index in [-0.39, 0.29) is 18.5 Å². The van der Waals surface area contributed by atoms with E-state index >= 15 is 0 Å². The number of fused-ring (bicyclic) bond motifs is 1. The molecule has 0 fully saturated rings. The smallest absolute Gasteiger partial charge is 0.340 e. The standard InChI is InChI=1S/C12H12N2O3/c1-8(15)14-12-4-3-10(7-17-9(2)16)5-11(12)6-13-14/h3-6H,7H2,1-2H3/p+1. The number of hydrogen-bond donors (Lipinski definition) is 1. The molecular weight excluding hydrogens is 220 g/mol. The Kier molecular flexibility index (Phi) is 3.01. The van der Waals surface area contributed by atoms with Crippen LogP contribution in [-0.4, -0.2) is 18.1 Å². The van der Waals surface area contributed by atoms with E-state index in [1.165, 1.54) is 13.8 Å². The highest BCUT2D eigenvalue weighted by atomic mass is 16.5. The third-order valence-corrected chi connectivity index (χ3v) is 2.48. The van der Waals surface area contributed by atoms with Crippen LogP contribution in [0.3, 0.4) is 0 Å². The van der Waals surface area contributed by atoms with Gasteiger partial charge in [0, 0.05) is 13.0 Å². The molecule has 88 valence electrons. The second-order valence-electron chi connectivity index (χ2n) is 3.86. The van der Waals surface area contributed by atoms with E-state index in [0.717, 1.165) is 16.8 Å². The molecule has 0 saturated carbocycles. The summed E-state index contributed by atoms with van der Waals surface area (Å²) in [7, 11) is 0. The van der Waals surface area contributed by atoms with Crippen LogP contribution < -0.4 is 5.01 Å². The number of rotatable bonds is 2. The summed E-state index contributed by atoms with van der Waals surface area (Å²) in [6.45, 7) is 3.11. The molecule has 1 aliphatic rings. The Morgan fingerprint density at radius 1 is 1.35 bits per heavy atom. The highest BCUT2D eigenvalue weighted by Crippen LogP contribution is 2.15. The molecule has 1 aromatic carbocycles. The Balaban J connectivity index is 2.19. The van der Waals surface area contributed by atoms with Crippen molar-refractivity contribution in [2.45, 2.75) is 20.5 Å². The first-order chi connectivity index (χ1) is 8.08. The van der Waals surface area contributed by atoms with Gasteiger partial charge in [-0.3, -0.25) is 4.79 Å². The van der Waals surface area contributed by atoms with Gasteiger partial charge in [0.25, 0.3) is 0 Å². The van der Waals surface area contributed by atoms with Crippen LogP contribution in [0, 0.1) is 0 Å². The third kappa shape index (κ3) is 2.39. The zero-order valence-electron chi connectivity index (χ0n) is 9.69. The first-order valence-electron chi connectivity index (χ1n) is 5.26. The van der Waals surface area contributed by atoms with Gasteiger partial charge in [-0.1, -0.05) is 5.10 Å². The van der Waals surface area contributed by atoms with Crippen LogP contribution in [0.15, 0.2) is 23.3 Å². The van der Waals surface area contributed by atoms with Crippen molar-refractivity contribution in [2.75, 3.05) is 0 Å². The Morgan fingerprint density at radius 2 is 2.12 bits per heavy atom. The monoisotopic (exact) mass is 233 g/mol. The topological polar surface area (TPSA) is 60.2 Å². The first-order valence-corrected chi connectivity index (χ1v) is 5.26. The van der Waals surface area contributed by atoms with E-state index in [1.807, 2.05) is 18.2 Å². The molecule has 1 heterocycles. The predicted molar refractivity (Wildman–Crippen MR) is 60.8 cm³/mol. The van der Waals surface area contributed by atoms with Gasteiger partial charge in [0.15, 0.2) is 5.69 Å². The Labute approximate surface area is 98.7 Å². The molecule has 1 N–H and O–H groups in total. The van der Waals surface area contributed by atoms with E-state index in [1.54, 1.807) is 6.21 Å². The molecule has 1 atom stereocenters. The maximum atomic E-state index is 11.3. The lowest BCUT2D eigenvalue weighted by Gasteiger charge is -2.06. The van der Waals surface area contributed by atoms with Crippen LogP contribution in [0.4, 0.5) is 5.69 Å². The van der Waals surface area contributed by atoms with Crippen molar-refractivity contribution in [3.8, 4) is 0 Å². The number of nitrogens with one attached hydrogen (secondary N) is 1. The molecule has 1 aliphatic heterocycles. The number of carbonyl (C=O) groups excluding carboxylic acids is 2. The SMILES string of the molecule is CC(=O)OCc1ccc2c(c1)C=N[NH+]2C(C)=O. The molecule has 5 nitrogen and oxygen atoms in total. The Bertz CT molecular complexity index is 508. The van der Waals surface area contributed by atoms with Crippen molar-refractivity contribution in [1.29, 1.82) is 0 Å². The number of amides is 1. The second-order valence-corrected chi connectivity index (χ2v) is 3.86. The van der Waals surface area contributed by atoms with Crippen molar-refractivity contribution in [3.05, 3.63) is 29.3 Å². The summed E-state index contributed by atoms with van der Waals surface area (Å²) in [6, 6.07) is 5.54. The van der Waals surface area contributed by atoms with E-state index in [2.05, 4.69) is 5.10 Å². The van der Waals surface area contributed by atoms with Crippen LogP contribution in [0.2, 0.25) is 0 Å². The van der Waals surface area contributed by atoms with E-state index < -0.39 is 0 Å². The molecule has 0 saturated heterocycles. The van der Waals surface area contributed by atoms with Crippen molar-refractivity contribution in [3.63, 3.8) is 0 Å². The van der Waals surface area contributed by atoms with E-state index in [4.69, 9.17) is 4.74 Å². The first kappa shape index (κ1) is 11.5. The molecule has 0 bridgehead atoms. The maximum Gasteiger partial charge on any atom is 0.340 e. The Morgan fingerprint density at radius 3 is 2.76 bits per heavy atom. The number of benzene rings is 1. The van der Waals surface area contributed by atoms with Crippen molar-refractivity contribution >= 4 is 23.8 Å². The lowest BCUT2D eigenvalue weighted by atomic mass is 10.1. The van der Waals surface area contributed by atoms with Crippen molar-refractivity contribution < 1.29 is 19.3 Å². The summed E-state index contributed by atoms with van der Waals surface area (Å²) >= 11 is 0. The molecule has 2 rings (SSSR count). The van der Waals surface area contributed by atoms with Crippen molar-refractivity contribution in [2.24, 2.45) is 5.10 Å². The van der Waals surface area contributed by atoms with Gasteiger partial charge in [0.2, 0.25) is 0 Å². The van der Waals surface area contributed by atoms with Gasteiger partial charge in [-0.05, 0) is 17.7 Å². The number of esters is 1. The van der Waals surface area contributed by atoms with Gasteiger partial charge in [-0.2, -0.15) is 0 Å². The molecule has 17 heavy (non-hydrogen) atoms. The van der Waals surface area contributed by atoms with E-state index in [0.29, 0.717) is 5.01 Å². The largest absolute Gasteiger partial charge is 0.461 e. The minimum atomic E-state index is -0.310. The van der Waals surface area contributed by atoms with Crippen LogP contribution in [0.25, 0.3) is 0 Å². The summed E-state index contributed by atoms with van der Waals surface area (Å²) in [5, 5.41) is 4.56. The zero-order chi connectivity index (χ0) is 12.4. The molecule has 0 aliphatic carbocycles. The van der Waals surface area contributed by atoms with Gasteiger partial charge >= 0.3 is 11.9 Å². The number of quaternary nitrogens is 1. The summed E-state index contributed by atoms with van der Waals surface area (Å²) in [6.07, 6.45) is 1.66. The molecule has 5 heteroatoms. The van der Waals surface area contributed by atoms with E-state index in [9.17, 15) is 9.59 Å². The fourth-order valence-corrected chi connectivity index (χ4v) is 1.69. The minimum absolute atomic E-state index is 0.0484. The van der Waals surface area contributed by atoms with Gasteiger partial charge < -0.3 is 4.74 Å². The van der Waals surface area contributed by atoms with Gasteiger partial charge in [0.05, 0.1) is 18.7 Å². The summed E-state index contributed by atoms with van der Waals surface area (Å²) in [5.74, 6) is -0.358. The Hall–Kier alpha value is -2.01. The quantitative estimate of drug-likeness (QED) is 0.740. The highest BCUT2D eigenvalue weighted by Gasteiger charge is 2.25. The average molecular weight is 233 g/mol. The zero-order valence-corrected chi connectivity index (χ0v) is 9.69. The molecule has 0 aromatic heterocycles. The minimum Gasteiger partial charge on any atom is -0.461 e. The highest BCUT2D eigenvalue weighted by molar-refractivity contribution is 5.89. The van der Waals surface area contributed by atoms with Gasteiger partial charge in [-0.15, -0.1) is 5.01 Å². The lowest BCUT2D eigenvalue weighted by Crippen LogP contribution is -3.04. The molecule has 1 unspecified atom stereocenters.